The number of rotatable bonds is 5. The van der Waals surface area contributed by atoms with E-state index < -0.39 is 16.1 Å². The molecule has 8 heteroatoms. The number of hydrogen-bond acceptors (Lipinski definition) is 4. The first-order valence-electron chi connectivity index (χ1n) is 6.09. The Morgan fingerprint density at radius 2 is 2.00 bits per heavy atom. The smallest absolute Gasteiger partial charge is 0.250 e. The Labute approximate surface area is 137 Å². The van der Waals surface area contributed by atoms with Crippen molar-refractivity contribution in [3.8, 4) is 0 Å². The molecule has 0 radical (unpaired) electrons. The molecule has 0 saturated carbocycles. The number of halogens is 2. The molecule has 1 atom stereocenters. The van der Waals surface area contributed by atoms with Gasteiger partial charge in [0.2, 0.25) is 0 Å². The minimum atomic E-state index is -3.60. The van der Waals surface area contributed by atoms with Gasteiger partial charge in [-0.15, -0.1) is 11.3 Å². The van der Waals surface area contributed by atoms with Crippen molar-refractivity contribution in [2.75, 3.05) is 0 Å². The lowest BCUT2D eigenvalue weighted by atomic mass is 10.1. The lowest BCUT2D eigenvalue weighted by molar-refractivity contribution is 0.569. The molecule has 1 heterocycles. The van der Waals surface area contributed by atoms with E-state index in [4.69, 9.17) is 28.9 Å². The summed E-state index contributed by atoms with van der Waals surface area (Å²) in [6, 6.07) is 7.75. The molecule has 0 amide bonds. The van der Waals surface area contributed by atoms with Crippen LogP contribution in [0.5, 0.6) is 0 Å². The Morgan fingerprint density at radius 1 is 1.29 bits per heavy atom. The topological polar surface area (TPSA) is 72.2 Å². The molecule has 0 spiro atoms. The summed E-state index contributed by atoms with van der Waals surface area (Å²) in [5.74, 6) is 0. The maximum atomic E-state index is 12.3. The molecule has 0 saturated heterocycles. The third kappa shape index (κ3) is 3.97. The average molecular weight is 365 g/mol. The molecule has 0 aliphatic carbocycles. The molecule has 4 nitrogen and oxygen atoms in total. The van der Waals surface area contributed by atoms with Gasteiger partial charge in [0.25, 0.3) is 10.0 Å². The molecule has 1 unspecified atom stereocenters. The summed E-state index contributed by atoms with van der Waals surface area (Å²) in [5.41, 5.74) is 6.16. The molecule has 114 valence electrons. The molecule has 0 bridgehead atoms. The number of hydrogen-bond donors (Lipinski definition) is 2. The molecule has 2 rings (SSSR count). The van der Waals surface area contributed by atoms with Crippen LogP contribution in [-0.2, 0) is 16.6 Å². The van der Waals surface area contributed by atoms with E-state index in [0.717, 1.165) is 16.2 Å². The summed E-state index contributed by atoms with van der Waals surface area (Å²) in [4.78, 5) is 0.813. The van der Waals surface area contributed by atoms with E-state index in [0.29, 0.717) is 22.2 Å². The van der Waals surface area contributed by atoms with Gasteiger partial charge in [0.15, 0.2) is 0 Å². The van der Waals surface area contributed by atoms with Crippen LogP contribution in [0.15, 0.2) is 34.5 Å². The zero-order valence-electron chi connectivity index (χ0n) is 11.1. The van der Waals surface area contributed by atoms with Gasteiger partial charge >= 0.3 is 0 Å². The van der Waals surface area contributed by atoms with Crippen molar-refractivity contribution in [1.82, 2.24) is 4.72 Å². The van der Waals surface area contributed by atoms with Crippen LogP contribution in [0.3, 0.4) is 0 Å². The Hall–Kier alpha value is -0.630. The summed E-state index contributed by atoms with van der Waals surface area (Å²) in [6.07, 6.45) is 0. The quantitative estimate of drug-likeness (QED) is 0.851. The fourth-order valence-corrected chi connectivity index (χ4v) is 4.87. The first-order chi connectivity index (χ1) is 9.83. The van der Waals surface area contributed by atoms with Crippen LogP contribution in [0.1, 0.15) is 23.4 Å². The van der Waals surface area contributed by atoms with Crippen molar-refractivity contribution in [2.24, 2.45) is 5.73 Å². The molecule has 0 aliphatic rings. The molecule has 2 aromatic rings. The van der Waals surface area contributed by atoms with Gasteiger partial charge in [-0.3, -0.25) is 0 Å². The zero-order valence-corrected chi connectivity index (χ0v) is 14.3. The molecule has 0 aliphatic heterocycles. The van der Waals surface area contributed by atoms with Crippen LogP contribution in [0.2, 0.25) is 10.0 Å². The molecular formula is C13H14Cl2N2O2S2. The van der Waals surface area contributed by atoms with Gasteiger partial charge in [-0.05, 0) is 36.8 Å². The van der Waals surface area contributed by atoms with Crippen molar-refractivity contribution >= 4 is 44.6 Å². The summed E-state index contributed by atoms with van der Waals surface area (Å²) in [6.45, 7) is 2.04. The second-order valence-corrected chi connectivity index (χ2v) is 8.39. The molecule has 3 N–H and O–H groups in total. The summed E-state index contributed by atoms with van der Waals surface area (Å²) >= 11 is 13.1. The lowest BCUT2D eigenvalue weighted by Crippen LogP contribution is -2.26. The van der Waals surface area contributed by atoms with E-state index in [1.165, 1.54) is 0 Å². The van der Waals surface area contributed by atoms with E-state index >= 15 is 0 Å². The van der Waals surface area contributed by atoms with Crippen LogP contribution in [0.25, 0.3) is 0 Å². The second kappa shape index (κ2) is 6.64. The first-order valence-corrected chi connectivity index (χ1v) is 9.15. The summed E-state index contributed by atoms with van der Waals surface area (Å²) in [5, 5.41) is 0.927. The third-order valence-electron chi connectivity index (χ3n) is 2.86. The highest BCUT2D eigenvalue weighted by Crippen LogP contribution is 2.28. The minimum Gasteiger partial charge on any atom is -0.326 e. The monoisotopic (exact) mass is 364 g/mol. The number of benzene rings is 1. The Bertz CT molecular complexity index is 744. The fourth-order valence-electron chi connectivity index (χ4n) is 1.82. The van der Waals surface area contributed by atoms with Crippen LogP contribution in [0, 0.1) is 0 Å². The molecule has 1 aromatic carbocycles. The van der Waals surface area contributed by atoms with Gasteiger partial charge in [-0.2, -0.15) is 0 Å². The highest BCUT2D eigenvalue weighted by molar-refractivity contribution is 7.91. The summed E-state index contributed by atoms with van der Waals surface area (Å²) < 4.78 is 27.5. The Morgan fingerprint density at radius 3 is 2.57 bits per heavy atom. The van der Waals surface area contributed by atoms with Crippen LogP contribution in [-0.4, -0.2) is 8.42 Å². The van der Waals surface area contributed by atoms with Crippen molar-refractivity contribution in [3.63, 3.8) is 0 Å². The van der Waals surface area contributed by atoms with Gasteiger partial charge in [-0.1, -0.05) is 29.3 Å². The molecule has 1 aromatic heterocycles. The maximum Gasteiger partial charge on any atom is 0.250 e. The fraction of sp³-hybridized carbons (Fsp3) is 0.231. The van der Waals surface area contributed by atoms with Crippen LogP contribution in [0.4, 0.5) is 0 Å². The average Bonchev–Trinajstić information content (AvgIpc) is 2.87. The molecule has 0 fully saturated rings. The van der Waals surface area contributed by atoms with Crippen LogP contribution < -0.4 is 10.5 Å². The van der Waals surface area contributed by atoms with Crippen LogP contribution >= 0.6 is 34.5 Å². The van der Waals surface area contributed by atoms with Gasteiger partial charge in [0.1, 0.15) is 4.21 Å². The Kier molecular flexibility index (Phi) is 5.29. The normalized spacial score (nSPS) is 13.3. The van der Waals surface area contributed by atoms with Crippen molar-refractivity contribution < 1.29 is 8.42 Å². The van der Waals surface area contributed by atoms with E-state index in [1.54, 1.807) is 37.3 Å². The van der Waals surface area contributed by atoms with Gasteiger partial charge in [0.05, 0.1) is 0 Å². The summed E-state index contributed by atoms with van der Waals surface area (Å²) in [7, 11) is -3.60. The van der Waals surface area contributed by atoms with Crippen molar-refractivity contribution in [3.05, 3.63) is 50.8 Å². The number of sulfonamides is 1. The number of nitrogens with one attached hydrogen (secondary N) is 1. The van der Waals surface area contributed by atoms with Gasteiger partial charge in [-0.25, -0.2) is 13.1 Å². The lowest BCUT2D eigenvalue weighted by Gasteiger charge is -2.15. The van der Waals surface area contributed by atoms with E-state index in [9.17, 15) is 8.42 Å². The highest BCUT2D eigenvalue weighted by atomic mass is 35.5. The maximum absolute atomic E-state index is 12.3. The highest BCUT2D eigenvalue weighted by Gasteiger charge is 2.21. The predicted octanol–water partition coefficient (Wildman–Crippen LogP) is 3.55. The van der Waals surface area contributed by atoms with Crippen molar-refractivity contribution in [2.45, 2.75) is 23.7 Å². The largest absolute Gasteiger partial charge is 0.326 e. The third-order valence-corrected chi connectivity index (χ3v) is 6.57. The number of thiophene rings is 1. The predicted molar refractivity (Wildman–Crippen MR) is 87.4 cm³/mol. The van der Waals surface area contributed by atoms with Gasteiger partial charge < -0.3 is 5.73 Å². The van der Waals surface area contributed by atoms with Gasteiger partial charge in [0, 0.05) is 27.5 Å². The van der Waals surface area contributed by atoms with Crippen molar-refractivity contribution in [1.29, 1.82) is 0 Å². The minimum absolute atomic E-state index is 0.236. The van der Waals surface area contributed by atoms with E-state index in [1.807, 2.05) is 0 Å². The van der Waals surface area contributed by atoms with E-state index in [2.05, 4.69) is 4.72 Å². The molecular weight excluding hydrogens is 351 g/mol. The number of nitrogens with two attached hydrogens (primary N) is 1. The zero-order chi connectivity index (χ0) is 15.6. The van der Waals surface area contributed by atoms with E-state index in [-0.39, 0.29) is 4.21 Å². The second-order valence-electron chi connectivity index (χ2n) is 4.43. The first kappa shape index (κ1) is 16.7. The standard InChI is InChI=1S/C13H14Cl2N2O2S2/c1-8(11-4-2-9(14)6-12(11)15)17-21(18,19)13-5-3-10(7-16)20-13/h2-6,8,17H,7,16H2,1H3. The SMILES string of the molecule is CC(NS(=O)(=O)c1ccc(CN)s1)c1ccc(Cl)cc1Cl. The Balaban J connectivity index is 2.23. The molecule has 21 heavy (non-hydrogen) atoms.